The molecule has 0 saturated carbocycles. The lowest BCUT2D eigenvalue weighted by Crippen LogP contribution is -2.32. The number of nitrogens with zero attached hydrogens (tertiary/aromatic N) is 6. The molecule has 1 amide bonds. The Morgan fingerprint density at radius 2 is 2.00 bits per heavy atom. The number of hydrogen-bond acceptors (Lipinski definition) is 5. The van der Waals surface area contributed by atoms with E-state index in [4.69, 9.17) is 0 Å². The predicted molar refractivity (Wildman–Crippen MR) is 132 cm³/mol. The Bertz CT molecular complexity index is 1730. The van der Waals surface area contributed by atoms with Gasteiger partial charge in [-0.2, -0.15) is 10.2 Å². The number of aromatic nitrogens is 6. The first-order valence-corrected chi connectivity index (χ1v) is 11.1. The van der Waals surface area contributed by atoms with Crippen LogP contribution in [0.2, 0.25) is 0 Å². The first-order valence-electron chi connectivity index (χ1n) is 11.1. The summed E-state index contributed by atoms with van der Waals surface area (Å²) >= 11 is 0. The van der Waals surface area contributed by atoms with Crippen molar-refractivity contribution in [3.05, 3.63) is 93.6 Å². The summed E-state index contributed by atoms with van der Waals surface area (Å²) < 4.78 is 4.82. The number of carbonyl (C=O) groups excluding carboxylic acids is 1. The van der Waals surface area contributed by atoms with Crippen molar-refractivity contribution in [2.24, 2.45) is 14.1 Å². The summed E-state index contributed by atoms with van der Waals surface area (Å²) in [4.78, 5) is 30.8. The third-order valence-corrected chi connectivity index (χ3v) is 5.94. The topological polar surface area (TPSA) is 99.1 Å². The van der Waals surface area contributed by atoms with Gasteiger partial charge in [0.15, 0.2) is 5.65 Å². The highest BCUT2D eigenvalue weighted by Gasteiger charge is 2.22. The monoisotopic (exact) mass is 465 g/mol. The highest BCUT2D eigenvalue weighted by atomic mass is 16.2. The zero-order valence-electron chi connectivity index (χ0n) is 19.8. The summed E-state index contributed by atoms with van der Waals surface area (Å²) in [6.07, 6.45) is 6.87. The van der Waals surface area contributed by atoms with Crippen molar-refractivity contribution in [2.75, 3.05) is 0 Å². The van der Waals surface area contributed by atoms with Gasteiger partial charge in [-0.15, -0.1) is 0 Å². The Labute approximate surface area is 201 Å². The Kier molecular flexibility index (Phi) is 5.41. The van der Waals surface area contributed by atoms with Crippen LogP contribution in [0.15, 0.2) is 59.9 Å². The van der Waals surface area contributed by atoms with E-state index in [9.17, 15) is 9.59 Å². The SMILES string of the molecule is Cc1nn2cccnc2c1C(=O)NC(C)c1cc2cccc(C#Cc3cnn(C)c3)c2c(=O)n1C. The zero-order valence-corrected chi connectivity index (χ0v) is 19.8. The standard InChI is InChI=1S/C26H23N7O2/c1-16(29-25(34)22-17(2)30-33-12-6-11-27-24(22)33)21-13-20-8-5-7-19(23(20)26(35)32(21)4)10-9-18-14-28-31(3)15-18/h5-8,11-16H,1-4H3,(H,29,34). The maximum atomic E-state index is 13.4. The molecule has 1 N–H and O–H groups in total. The molecule has 4 heterocycles. The van der Waals surface area contributed by atoms with Crippen LogP contribution in [0.5, 0.6) is 0 Å². The summed E-state index contributed by atoms with van der Waals surface area (Å²) in [5.41, 5.74) is 3.39. The van der Waals surface area contributed by atoms with Crippen LogP contribution in [-0.2, 0) is 14.1 Å². The van der Waals surface area contributed by atoms with E-state index in [1.807, 2.05) is 44.4 Å². The first kappa shape index (κ1) is 22.1. The minimum atomic E-state index is -0.437. The Balaban J connectivity index is 1.51. The lowest BCUT2D eigenvalue weighted by molar-refractivity contribution is 0.0939. The molecule has 1 unspecified atom stereocenters. The first-order chi connectivity index (χ1) is 16.8. The van der Waals surface area contributed by atoms with Crippen molar-refractivity contribution < 1.29 is 4.79 Å². The van der Waals surface area contributed by atoms with Crippen molar-refractivity contribution in [1.82, 2.24) is 34.3 Å². The molecule has 0 radical (unpaired) electrons. The largest absolute Gasteiger partial charge is 0.344 e. The van der Waals surface area contributed by atoms with Crippen molar-refractivity contribution in [1.29, 1.82) is 0 Å². The van der Waals surface area contributed by atoms with Crippen LogP contribution in [0, 0.1) is 18.8 Å². The summed E-state index contributed by atoms with van der Waals surface area (Å²) in [6.45, 7) is 3.62. The van der Waals surface area contributed by atoms with E-state index in [1.165, 1.54) is 0 Å². The van der Waals surface area contributed by atoms with Gasteiger partial charge in [-0.3, -0.25) is 14.3 Å². The van der Waals surface area contributed by atoms with E-state index >= 15 is 0 Å². The average molecular weight is 466 g/mol. The minimum Gasteiger partial charge on any atom is -0.344 e. The molecule has 1 atom stereocenters. The third-order valence-electron chi connectivity index (χ3n) is 5.94. The molecule has 0 spiro atoms. The average Bonchev–Trinajstić information content (AvgIpc) is 3.41. The van der Waals surface area contributed by atoms with Gasteiger partial charge in [-0.25, -0.2) is 9.50 Å². The minimum absolute atomic E-state index is 0.177. The van der Waals surface area contributed by atoms with E-state index in [1.54, 1.807) is 52.4 Å². The number of carbonyl (C=O) groups is 1. The van der Waals surface area contributed by atoms with Crippen LogP contribution in [-0.4, -0.2) is 34.9 Å². The summed E-state index contributed by atoms with van der Waals surface area (Å²) in [5, 5.41) is 12.8. The van der Waals surface area contributed by atoms with Crippen LogP contribution in [0.1, 0.15) is 45.8 Å². The van der Waals surface area contributed by atoms with Crippen LogP contribution in [0.4, 0.5) is 0 Å². The summed E-state index contributed by atoms with van der Waals surface area (Å²) in [7, 11) is 3.53. The fourth-order valence-corrected chi connectivity index (χ4v) is 4.22. The van der Waals surface area contributed by atoms with Gasteiger partial charge in [0.05, 0.1) is 28.9 Å². The molecule has 1 aromatic carbocycles. The van der Waals surface area contributed by atoms with Gasteiger partial charge in [-0.05, 0) is 37.4 Å². The van der Waals surface area contributed by atoms with Gasteiger partial charge >= 0.3 is 0 Å². The Hall–Kier alpha value is -4.71. The summed E-state index contributed by atoms with van der Waals surface area (Å²) in [5.74, 6) is 5.87. The Morgan fingerprint density at radius 1 is 1.17 bits per heavy atom. The molecule has 0 fully saturated rings. The van der Waals surface area contributed by atoms with E-state index in [0.717, 1.165) is 10.9 Å². The molecule has 4 aromatic heterocycles. The molecule has 35 heavy (non-hydrogen) atoms. The number of nitrogens with one attached hydrogen (secondary N) is 1. The molecule has 0 aliphatic heterocycles. The molecule has 0 aliphatic rings. The van der Waals surface area contributed by atoms with Crippen molar-refractivity contribution >= 4 is 22.3 Å². The highest BCUT2D eigenvalue weighted by molar-refractivity contribution is 6.01. The number of pyridine rings is 1. The molecule has 174 valence electrons. The van der Waals surface area contributed by atoms with Crippen LogP contribution in [0.3, 0.4) is 0 Å². The van der Waals surface area contributed by atoms with Gasteiger partial charge < -0.3 is 9.88 Å². The van der Waals surface area contributed by atoms with Crippen molar-refractivity contribution in [3.63, 3.8) is 0 Å². The van der Waals surface area contributed by atoms with E-state index < -0.39 is 6.04 Å². The van der Waals surface area contributed by atoms with E-state index in [-0.39, 0.29) is 11.5 Å². The number of fused-ring (bicyclic) bond motifs is 2. The van der Waals surface area contributed by atoms with Gasteiger partial charge in [0, 0.05) is 43.9 Å². The van der Waals surface area contributed by atoms with Crippen molar-refractivity contribution in [2.45, 2.75) is 19.9 Å². The second-order valence-corrected chi connectivity index (χ2v) is 8.40. The number of amides is 1. The number of rotatable bonds is 3. The number of hydrogen-bond donors (Lipinski definition) is 1. The van der Waals surface area contributed by atoms with E-state index in [2.05, 4.69) is 32.3 Å². The van der Waals surface area contributed by atoms with Crippen LogP contribution >= 0.6 is 0 Å². The van der Waals surface area contributed by atoms with Crippen LogP contribution in [0.25, 0.3) is 16.4 Å². The fourth-order valence-electron chi connectivity index (χ4n) is 4.22. The molecular weight excluding hydrogens is 442 g/mol. The van der Waals surface area contributed by atoms with Crippen LogP contribution < -0.4 is 10.9 Å². The quantitative estimate of drug-likeness (QED) is 0.413. The molecule has 0 aliphatic carbocycles. The molecular formula is C26H23N7O2. The smallest absolute Gasteiger partial charge is 0.259 e. The fraction of sp³-hybridized carbons (Fsp3) is 0.192. The zero-order chi connectivity index (χ0) is 24.7. The van der Waals surface area contributed by atoms with Gasteiger partial charge in [0.2, 0.25) is 0 Å². The molecule has 0 saturated heterocycles. The van der Waals surface area contributed by atoms with Gasteiger partial charge in [-0.1, -0.05) is 24.0 Å². The third kappa shape index (κ3) is 3.95. The molecule has 0 bridgehead atoms. The summed E-state index contributed by atoms with van der Waals surface area (Å²) in [6, 6.07) is 8.81. The molecule has 9 nitrogen and oxygen atoms in total. The lowest BCUT2D eigenvalue weighted by Gasteiger charge is -2.18. The second-order valence-electron chi connectivity index (χ2n) is 8.40. The molecule has 9 heteroatoms. The van der Waals surface area contributed by atoms with Gasteiger partial charge in [0.25, 0.3) is 11.5 Å². The maximum Gasteiger partial charge on any atom is 0.259 e. The highest BCUT2D eigenvalue weighted by Crippen LogP contribution is 2.21. The molecule has 5 aromatic rings. The maximum absolute atomic E-state index is 13.4. The molecule has 5 rings (SSSR count). The second kappa shape index (κ2) is 8.57. The Morgan fingerprint density at radius 3 is 2.77 bits per heavy atom. The number of benzene rings is 1. The van der Waals surface area contributed by atoms with Gasteiger partial charge in [0.1, 0.15) is 5.56 Å². The lowest BCUT2D eigenvalue weighted by atomic mass is 10.0. The number of aryl methyl sites for hydroxylation is 2. The van der Waals surface area contributed by atoms with Crippen molar-refractivity contribution in [3.8, 4) is 11.8 Å². The normalized spacial score (nSPS) is 11.9. The van der Waals surface area contributed by atoms with E-state index in [0.29, 0.717) is 33.5 Å². The predicted octanol–water partition coefficient (Wildman–Crippen LogP) is 2.51.